The predicted octanol–water partition coefficient (Wildman–Crippen LogP) is 5.16. The first kappa shape index (κ1) is 27.4. The number of aliphatic hydroxyl groups is 1. The molecule has 202 valence electrons. The highest BCUT2D eigenvalue weighted by molar-refractivity contribution is 5.69. The lowest BCUT2D eigenvalue weighted by molar-refractivity contribution is -0.167. The zero-order valence-corrected chi connectivity index (χ0v) is 23.4. The van der Waals surface area contributed by atoms with Crippen molar-refractivity contribution in [2.24, 2.45) is 46.3 Å². The van der Waals surface area contributed by atoms with Gasteiger partial charge in [0, 0.05) is 31.6 Å². The number of ether oxygens (including phenoxy) is 1. The summed E-state index contributed by atoms with van der Waals surface area (Å²) in [5.41, 5.74) is 0.692. The standard InChI is InChI=1S/C30H54N2O3/c1-19(2)31-15-16-32-22-11-13-29(4)21(17-22)18-26(33)28-24-9-8-23(20(3)7-10-27(34)35-6)30(24,5)14-12-25(28)29/h19-26,28,31-33H,7-18H2,1-6H3/t20?,21-,22?,23?,24?,25?,26?,28?,29?,30?/m1/s1. The molecule has 0 amide bonds. The Morgan fingerprint density at radius 1 is 1.00 bits per heavy atom. The molecule has 0 aromatic heterocycles. The Labute approximate surface area is 214 Å². The van der Waals surface area contributed by atoms with E-state index < -0.39 is 0 Å². The number of fused-ring (bicyclic) bond motifs is 5. The molecule has 0 aromatic carbocycles. The van der Waals surface area contributed by atoms with Gasteiger partial charge in [0.05, 0.1) is 13.2 Å². The number of methoxy groups -OCH3 is 1. The van der Waals surface area contributed by atoms with Crippen LogP contribution in [0.4, 0.5) is 0 Å². The fraction of sp³-hybridized carbons (Fsp3) is 0.967. The molecular weight excluding hydrogens is 436 g/mol. The molecular formula is C30H54N2O3. The Balaban J connectivity index is 1.40. The third kappa shape index (κ3) is 5.34. The number of rotatable bonds is 9. The van der Waals surface area contributed by atoms with Crippen LogP contribution >= 0.6 is 0 Å². The zero-order valence-electron chi connectivity index (χ0n) is 23.4. The van der Waals surface area contributed by atoms with E-state index in [1.54, 1.807) is 0 Å². The van der Waals surface area contributed by atoms with Crippen LogP contribution in [-0.2, 0) is 9.53 Å². The van der Waals surface area contributed by atoms with E-state index in [2.05, 4.69) is 45.3 Å². The lowest BCUT2D eigenvalue weighted by Crippen LogP contribution is -2.59. The van der Waals surface area contributed by atoms with Gasteiger partial charge in [0.2, 0.25) is 0 Å². The second kappa shape index (κ2) is 11.0. The van der Waals surface area contributed by atoms with Crippen LogP contribution in [0.5, 0.6) is 0 Å². The van der Waals surface area contributed by atoms with Crippen LogP contribution in [0, 0.1) is 46.3 Å². The van der Waals surface area contributed by atoms with Crippen LogP contribution < -0.4 is 10.6 Å². The summed E-state index contributed by atoms with van der Waals surface area (Å²) < 4.78 is 4.91. The summed E-state index contributed by atoms with van der Waals surface area (Å²) in [6.45, 7) is 14.0. The normalized spacial score (nSPS) is 43.8. The van der Waals surface area contributed by atoms with E-state index in [1.807, 2.05) is 0 Å². The largest absolute Gasteiger partial charge is 0.469 e. The second-order valence-corrected chi connectivity index (χ2v) is 13.7. The van der Waals surface area contributed by atoms with Crippen molar-refractivity contribution in [1.82, 2.24) is 10.6 Å². The van der Waals surface area contributed by atoms with E-state index in [0.29, 0.717) is 64.8 Å². The molecule has 5 heteroatoms. The van der Waals surface area contributed by atoms with Crippen molar-refractivity contribution in [1.29, 1.82) is 0 Å². The van der Waals surface area contributed by atoms with Crippen LogP contribution in [0.25, 0.3) is 0 Å². The van der Waals surface area contributed by atoms with Crippen LogP contribution in [0.2, 0.25) is 0 Å². The number of esters is 1. The molecule has 0 radical (unpaired) electrons. The molecule has 10 atom stereocenters. The van der Waals surface area contributed by atoms with E-state index in [1.165, 1.54) is 52.1 Å². The van der Waals surface area contributed by atoms with Crippen molar-refractivity contribution in [3.63, 3.8) is 0 Å². The van der Waals surface area contributed by atoms with Gasteiger partial charge in [-0.05, 0) is 104 Å². The minimum atomic E-state index is -0.145. The number of hydrogen-bond donors (Lipinski definition) is 3. The molecule has 0 bridgehead atoms. The van der Waals surface area contributed by atoms with Gasteiger partial charge in [-0.2, -0.15) is 0 Å². The first-order valence-electron chi connectivity index (χ1n) is 14.8. The quantitative estimate of drug-likeness (QED) is 0.308. The van der Waals surface area contributed by atoms with Gasteiger partial charge in [-0.3, -0.25) is 4.79 Å². The molecule has 0 aliphatic heterocycles. The zero-order chi connectivity index (χ0) is 25.4. The highest BCUT2D eigenvalue weighted by Gasteiger charge is 2.62. The molecule has 0 heterocycles. The van der Waals surface area contributed by atoms with Crippen molar-refractivity contribution in [2.75, 3.05) is 20.2 Å². The molecule has 35 heavy (non-hydrogen) atoms. The summed E-state index contributed by atoms with van der Waals surface area (Å²) in [4.78, 5) is 11.8. The van der Waals surface area contributed by atoms with Crippen molar-refractivity contribution in [3.05, 3.63) is 0 Å². The minimum Gasteiger partial charge on any atom is -0.469 e. The Morgan fingerprint density at radius 3 is 2.43 bits per heavy atom. The van der Waals surface area contributed by atoms with Crippen molar-refractivity contribution >= 4 is 5.97 Å². The highest BCUT2D eigenvalue weighted by atomic mass is 16.5. The smallest absolute Gasteiger partial charge is 0.305 e. The van der Waals surface area contributed by atoms with E-state index in [4.69, 9.17) is 4.74 Å². The van der Waals surface area contributed by atoms with Crippen LogP contribution in [0.3, 0.4) is 0 Å². The van der Waals surface area contributed by atoms with Gasteiger partial charge in [-0.25, -0.2) is 0 Å². The summed E-state index contributed by atoms with van der Waals surface area (Å²) in [6.07, 6.45) is 11.2. The molecule has 4 saturated carbocycles. The lowest BCUT2D eigenvalue weighted by Gasteiger charge is -2.62. The molecule has 3 N–H and O–H groups in total. The molecule has 4 aliphatic rings. The molecule has 0 aromatic rings. The van der Waals surface area contributed by atoms with Gasteiger partial charge >= 0.3 is 5.97 Å². The molecule has 0 saturated heterocycles. The Morgan fingerprint density at radius 2 is 1.71 bits per heavy atom. The fourth-order valence-electron chi connectivity index (χ4n) is 9.67. The minimum absolute atomic E-state index is 0.0804. The van der Waals surface area contributed by atoms with E-state index >= 15 is 0 Å². The van der Waals surface area contributed by atoms with Crippen LogP contribution in [0.1, 0.15) is 98.8 Å². The van der Waals surface area contributed by atoms with Crippen molar-refractivity contribution in [2.45, 2.75) is 117 Å². The maximum absolute atomic E-state index is 11.8. The fourth-order valence-corrected chi connectivity index (χ4v) is 9.67. The SMILES string of the molecule is COC(=O)CCC(C)C1CCC2C3C(O)C[C@H]4CC(NCCNC(C)C)CCC4(C)C3CCC12C. The molecule has 4 fully saturated rings. The first-order chi connectivity index (χ1) is 16.6. The summed E-state index contributed by atoms with van der Waals surface area (Å²) in [5.74, 6) is 3.53. The number of aliphatic hydroxyl groups excluding tert-OH is 1. The summed E-state index contributed by atoms with van der Waals surface area (Å²) in [6, 6.07) is 1.14. The lowest BCUT2D eigenvalue weighted by atomic mass is 9.43. The average Bonchev–Trinajstić information content (AvgIpc) is 3.17. The van der Waals surface area contributed by atoms with Gasteiger partial charge in [-0.15, -0.1) is 0 Å². The monoisotopic (exact) mass is 490 g/mol. The molecule has 0 spiro atoms. The second-order valence-electron chi connectivity index (χ2n) is 13.7. The molecule has 9 unspecified atom stereocenters. The van der Waals surface area contributed by atoms with Gasteiger partial charge in [0.1, 0.15) is 0 Å². The van der Waals surface area contributed by atoms with E-state index in [-0.39, 0.29) is 12.1 Å². The Bertz CT molecular complexity index is 728. The Hall–Kier alpha value is -0.650. The predicted molar refractivity (Wildman–Crippen MR) is 142 cm³/mol. The molecule has 4 rings (SSSR count). The van der Waals surface area contributed by atoms with E-state index in [0.717, 1.165) is 25.9 Å². The number of hydrogen-bond acceptors (Lipinski definition) is 5. The highest BCUT2D eigenvalue weighted by Crippen LogP contribution is 2.68. The van der Waals surface area contributed by atoms with Gasteiger partial charge < -0.3 is 20.5 Å². The van der Waals surface area contributed by atoms with Crippen molar-refractivity contribution < 1.29 is 14.6 Å². The topological polar surface area (TPSA) is 70.6 Å². The van der Waals surface area contributed by atoms with E-state index in [9.17, 15) is 9.90 Å². The van der Waals surface area contributed by atoms with Gasteiger partial charge in [-0.1, -0.05) is 34.6 Å². The van der Waals surface area contributed by atoms with Crippen LogP contribution in [0.15, 0.2) is 0 Å². The maximum atomic E-state index is 11.8. The maximum Gasteiger partial charge on any atom is 0.305 e. The number of carbonyl (C=O) groups is 1. The average molecular weight is 491 g/mol. The van der Waals surface area contributed by atoms with Crippen molar-refractivity contribution in [3.8, 4) is 0 Å². The number of carbonyl (C=O) groups excluding carboxylic acids is 1. The molecule has 5 nitrogen and oxygen atoms in total. The summed E-state index contributed by atoms with van der Waals surface area (Å²) in [7, 11) is 1.49. The van der Waals surface area contributed by atoms with Gasteiger partial charge in [0.25, 0.3) is 0 Å². The van der Waals surface area contributed by atoms with Gasteiger partial charge in [0.15, 0.2) is 0 Å². The Kier molecular flexibility index (Phi) is 8.60. The van der Waals surface area contributed by atoms with Crippen LogP contribution in [-0.4, -0.2) is 49.5 Å². The first-order valence-corrected chi connectivity index (χ1v) is 14.8. The third-order valence-electron chi connectivity index (χ3n) is 11.6. The summed E-state index contributed by atoms with van der Waals surface area (Å²) >= 11 is 0. The number of nitrogens with one attached hydrogen (secondary N) is 2. The summed E-state index contributed by atoms with van der Waals surface area (Å²) in [5, 5.41) is 19.0. The molecule has 4 aliphatic carbocycles. The third-order valence-corrected chi connectivity index (χ3v) is 11.6.